The van der Waals surface area contributed by atoms with Crippen molar-refractivity contribution in [3.05, 3.63) is 24.3 Å². The van der Waals surface area contributed by atoms with Crippen LogP contribution in [0.1, 0.15) is 42.2 Å². The van der Waals surface area contributed by atoms with Crippen molar-refractivity contribution in [1.82, 2.24) is 34.9 Å². The van der Waals surface area contributed by atoms with Gasteiger partial charge in [0.05, 0.1) is 30.2 Å². The van der Waals surface area contributed by atoms with Crippen molar-refractivity contribution >= 4 is 29.3 Å². The predicted octanol–water partition coefficient (Wildman–Crippen LogP) is 0.776. The van der Waals surface area contributed by atoms with Crippen LogP contribution in [0.5, 0.6) is 0 Å². The smallest absolute Gasteiger partial charge is 0.320 e. The van der Waals surface area contributed by atoms with Crippen LogP contribution in [0.3, 0.4) is 0 Å². The largest absolute Gasteiger partial charge is 0.364 e. The van der Waals surface area contributed by atoms with Gasteiger partial charge in [0.2, 0.25) is 0 Å². The normalized spacial score (nSPS) is 21.9. The molecule has 0 saturated carbocycles. The molecule has 3 fully saturated rings. The van der Waals surface area contributed by atoms with Crippen molar-refractivity contribution in [1.29, 1.82) is 0 Å². The van der Waals surface area contributed by atoms with Crippen LogP contribution in [-0.2, 0) is 0 Å². The number of aromatic nitrogens is 4. The number of amides is 3. The molecule has 0 bridgehead atoms. The Balaban J connectivity index is 1.34. The van der Waals surface area contributed by atoms with Gasteiger partial charge in [0.25, 0.3) is 5.91 Å². The van der Waals surface area contributed by atoms with Crippen molar-refractivity contribution in [2.75, 3.05) is 56.5 Å². The number of rotatable bonds is 6. The van der Waals surface area contributed by atoms with E-state index in [9.17, 15) is 9.59 Å². The van der Waals surface area contributed by atoms with Crippen LogP contribution in [-0.4, -0.2) is 93.8 Å². The number of hydrogen-bond acceptors (Lipinski definition) is 8. The van der Waals surface area contributed by atoms with Crippen molar-refractivity contribution in [2.45, 2.75) is 37.8 Å². The number of nitrogens with zero attached hydrogens (tertiary/aromatic N) is 7. The molecular formula is C22H32N10O2. The zero-order chi connectivity index (χ0) is 23.7. The van der Waals surface area contributed by atoms with Crippen LogP contribution in [0, 0.1) is 0 Å². The topological polar surface area (TPSA) is 138 Å². The second-order valence-corrected chi connectivity index (χ2v) is 9.24. The molecule has 4 N–H and O–H groups in total. The number of carbonyl (C=O) groups is 2. The number of likely N-dealkylation sites (N-methyl/N-ethyl adjacent to an activating group) is 1. The number of urea groups is 1. The maximum absolute atomic E-state index is 12.5. The molecule has 3 aliphatic rings. The van der Waals surface area contributed by atoms with E-state index < -0.39 is 5.91 Å². The summed E-state index contributed by atoms with van der Waals surface area (Å²) in [6, 6.07) is 0.557. The first-order valence-corrected chi connectivity index (χ1v) is 11.9. The van der Waals surface area contributed by atoms with Gasteiger partial charge in [0.15, 0.2) is 11.5 Å². The van der Waals surface area contributed by atoms with Gasteiger partial charge in [-0.25, -0.2) is 14.8 Å². The fourth-order valence-electron chi connectivity index (χ4n) is 5.03. The van der Waals surface area contributed by atoms with Crippen LogP contribution in [0.2, 0.25) is 0 Å². The summed E-state index contributed by atoms with van der Waals surface area (Å²) < 4.78 is 1.96. The van der Waals surface area contributed by atoms with Crippen molar-refractivity contribution < 1.29 is 9.59 Å². The molecule has 34 heavy (non-hydrogen) atoms. The lowest BCUT2D eigenvalue weighted by molar-refractivity contribution is 0.0996. The van der Waals surface area contributed by atoms with Gasteiger partial charge in [-0.1, -0.05) is 0 Å². The van der Waals surface area contributed by atoms with Gasteiger partial charge in [-0.15, -0.1) is 0 Å². The molecule has 0 aromatic carbocycles. The molecule has 3 saturated heterocycles. The van der Waals surface area contributed by atoms with Gasteiger partial charge in [-0.3, -0.25) is 9.48 Å². The predicted molar refractivity (Wildman–Crippen MR) is 127 cm³/mol. The van der Waals surface area contributed by atoms with E-state index >= 15 is 0 Å². The minimum Gasteiger partial charge on any atom is -0.364 e. The third-order valence-corrected chi connectivity index (χ3v) is 6.95. The first-order chi connectivity index (χ1) is 16.5. The van der Waals surface area contributed by atoms with Gasteiger partial charge in [-0.05, 0) is 38.8 Å². The second-order valence-electron chi connectivity index (χ2n) is 9.24. The van der Waals surface area contributed by atoms with Gasteiger partial charge in [0, 0.05) is 39.4 Å². The van der Waals surface area contributed by atoms with E-state index in [2.05, 4.69) is 25.6 Å². The Hall–Kier alpha value is -3.41. The van der Waals surface area contributed by atoms with Crippen molar-refractivity contribution in [2.24, 2.45) is 5.73 Å². The summed E-state index contributed by atoms with van der Waals surface area (Å²) in [7, 11) is 1.84. The van der Waals surface area contributed by atoms with Crippen LogP contribution in [0.25, 0.3) is 0 Å². The maximum atomic E-state index is 12.5. The fraction of sp³-hybridized carbons (Fsp3) is 0.591. The molecule has 3 aliphatic heterocycles. The number of nitrogens with one attached hydrogen (secondary N) is 2. The number of hydrogen-bond donors (Lipinski definition) is 3. The Morgan fingerprint density at radius 3 is 2.71 bits per heavy atom. The molecule has 5 rings (SSSR count). The van der Waals surface area contributed by atoms with Crippen LogP contribution >= 0.6 is 0 Å². The van der Waals surface area contributed by atoms with Gasteiger partial charge in [0.1, 0.15) is 5.82 Å². The van der Waals surface area contributed by atoms with Crippen molar-refractivity contribution in [3.8, 4) is 0 Å². The van der Waals surface area contributed by atoms with Crippen LogP contribution < -0.4 is 21.3 Å². The van der Waals surface area contributed by atoms with Gasteiger partial charge < -0.3 is 31.1 Å². The Bertz CT molecular complexity index is 1050. The fourth-order valence-corrected chi connectivity index (χ4v) is 5.03. The summed E-state index contributed by atoms with van der Waals surface area (Å²) in [5, 5.41) is 11.1. The highest BCUT2D eigenvalue weighted by Crippen LogP contribution is 2.27. The van der Waals surface area contributed by atoms with E-state index in [0.717, 1.165) is 64.1 Å². The second kappa shape index (κ2) is 9.45. The Labute approximate surface area is 198 Å². The van der Waals surface area contributed by atoms with Crippen LogP contribution in [0.15, 0.2) is 18.6 Å². The quantitative estimate of drug-likeness (QED) is 0.565. The van der Waals surface area contributed by atoms with Crippen molar-refractivity contribution in [3.63, 3.8) is 0 Å². The molecule has 5 heterocycles. The Morgan fingerprint density at radius 2 is 1.97 bits per heavy atom. The zero-order valence-electron chi connectivity index (χ0n) is 19.5. The van der Waals surface area contributed by atoms with E-state index in [1.54, 1.807) is 17.3 Å². The Morgan fingerprint density at radius 1 is 1.15 bits per heavy atom. The molecular weight excluding hydrogens is 436 g/mol. The highest BCUT2D eigenvalue weighted by atomic mass is 16.2. The van der Waals surface area contributed by atoms with E-state index in [-0.39, 0.29) is 17.8 Å². The third-order valence-electron chi connectivity index (χ3n) is 6.95. The first kappa shape index (κ1) is 22.4. The van der Waals surface area contributed by atoms with E-state index in [0.29, 0.717) is 24.2 Å². The third kappa shape index (κ3) is 4.49. The maximum Gasteiger partial charge on any atom is 0.320 e. The molecule has 1 atom stereocenters. The summed E-state index contributed by atoms with van der Waals surface area (Å²) in [4.78, 5) is 39.4. The minimum absolute atomic E-state index is 0.0788. The summed E-state index contributed by atoms with van der Waals surface area (Å²) in [6.07, 6.45) is 9.20. The standard InChI is InChI=1S/C22H32N10O2/c1-29-9-10-31(22(29)34)17-3-2-8-30(14-17)18-12-25-19(20(23)33)21(28-18)27-15-11-26-32(13-15)16-4-6-24-7-5-16/h11-13,16-17,24H,2-10,14H2,1H3,(H2,23,33)(H,27,28)/t17-/m1/s1. The lowest BCUT2D eigenvalue weighted by atomic mass is 10.0. The zero-order valence-corrected chi connectivity index (χ0v) is 19.5. The lowest BCUT2D eigenvalue weighted by Crippen LogP contribution is -2.49. The molecule has 2 aromatic heterocycles. The van der Waals surface area contributed by atoms with E-state index in [1.165, 1.54) is 0 Å². The summed E-state index contributed by atoms with van der Waals surface area (Å²) in [5.74, 6) is 0.325. The average Bonchev–Trinajstić information content (AvgIpc) is 3.46. The number of carbonyl (C=O) groups excluding carboxylic acids is 2. The first-order valence-electron chi connectivity index (χ1n) is 11.9. The monoisotopic (exact) mass is 468 g/mol. The minimum atomic E-state index is -0.644. The van der Waals surface area contributed by atoms with Crippen LogP contribution in [0.4, 0.5) is 22.1 Å². The number of nitrogens with two attached hydrogens (primary N) is 1. The highest BCUT2D eigenvalue weighted by molar-refractivity contribution is 5.96. The number of anilines is 3. The highest BCUT2D eigenvalue weighted by Gasteiger charge is 2.34. The summed E-state index contributed by atoms with van der Waals surface area (Å²) in [6.45, 7) is 4.93. The van der Waals surface area contributed by atoms with Gasteiger partial charge >= 0.3 is 6.03 Å². The lowest BCUT2D eigenvalue weighted by Gasteiger charge is -2.37. The molecule has 12 heteroatoms. The molecule has 12 nitrogen and oxygen atoms in total. The molecule has 0 spiro atoms. The summed E-state index contributed by atoms with van der Waals surface area (Å²) in [5.41, 5.74) is 6.40. The molecule has 2 aromatic rings. The Kier molecular flexibility index (Phi) is 6.22. The summed E-state index contributed by atoms with van der Waals surface area (Å²) >= 11 is 0. The molecule has 3 amide bonds. The van der Waals surface area contributed by atoms with E-state index in [4.69, 9.17) is 10.7 Å². The molecule has 0 aliphatic carbocycles. The number of primary amides is 1. The molecule has 0 radical (unpaired) electrons. The number of piperidine rings is 2. The average molecular weight is 469 g/mol. The molecule has 182 valence electrons. The SMILES string of the molecule is CN1CCN([C@@H]2CCCN(c3cnc(C(N)=O)c(Nc4cnn(C5CCNCC5)c4)n3)C2)C1=O. The van der Waals surface area contributed by atoms with Gasteiger partial charge in [-0.2, -0.15) is 5.10 Å². The van der Waals surface area contributed by atoms with E-state index in [1.807, 2.05) is 22.8 Å². The molecule has 0 unspecified atom stereocenters.